The zero-order valence-corrected chi connectivity index (χ0v) is 16.4. The summed E-state index contributed by atoms with van der Waals surface area (Å²) >= 11 is 5.00. The molecule has 3 heterocycles. The number of amides is 2. The Hall–Kier alpha value is -3.33. The van der Waals surface area contributed by atoms with Crippen molar-refractivity contribution in [3.05, 3.63) is 69.0 Å². The van der Waals surface area contributed by atoms with E-state index in [-0.39, 0.29) is 28.6 Å². The monoisotopic (exact) mass is 409 g/mol. The molecule has 0 atom stereocenters. The molecule has 0 bridgehead atoms. The summed E-state index contributed by atoms with van der Waals surface area (Å²) in [6.45, 7) is 1.87. The van der Waals surface area contributed by atoms with E-state index in [2.05, 4.69) is 15.0 Å². The molecule has 0 saturated carbocycles. The van der Waals surface area contributed by atoms with Crippen molar-refractivity contribution < 1.29 is 9.59 Å². The molecule has 1 aromatic carbocycles. The van der Waals surface area contributed by atoms with Crippen LogP contribution < -0.4 is 5.56 Å². The van der Waals surface area contributed by atoms with Crippen LogP contribution in [0.1, 0.15) is 16.1 Å². The van der Waals surface area contributed by atoms with E-state index in [1.165, 1.54) is 0 Å². The third-order valence-electron chi connectivity index (χ3n) is 4.96. The number of nitrogens with one attached hydrogen (secondary N) is 2. The van der Waals surface area contributed by atoms with Gasteiger partial charge in [0.1, 0.15) is 0 Å². The maximum atomic E-state index is 12.9. The highest BCUT2D eigenvalue weighted by Gasteiger charge is 2.25. The molecule has 0 radical (unpaired) electrons. The highest BCUT2D eigenvalue weighted by Crippen LogP contribution is 2.14. The third-order valence-corrected chi connectivity index (χ3v) is 5.17. The first-order valence-corrected chi connectivity index (χ1v) is 9.65. The van der Waals surface area contributed by atoms with E-state index in [9.17, 15) is 14.4 Å². The number of carbonyl (C=O) groups is 2. The van der Waals surface area contributed by atoms with Crippen molar-refractivity contribution in [3.63, 3.8) is 0 Å². The third kappa shape index (κ3) is 4.09. The average molecular weight is 409 g/mol. The second kappa shape index (κ2) is 7.96. The van der Waals surface area contributed by atoms with Crippen LogP contribution >= 0.6 is 12.2 Å². The molecule has 8 nitrogen and oxygen atoms in total. The van der Waals surface area contributed by atoms with Crippen molar-refractivity contribution in [1.82, 2.24) is 24.8 Å². The second-order valence-corrected chi connectivity index (χ2v) is 7.25. The molecule has 3 aromatic rings. The van der Waals surface area contributed by atoms with Crippen LogP contribution in [0.15, 0.2) is 47.4 Å². The lowest BCUT2D eigenvalue weighted by Gasteiger charge is -2.34. The van der Waals surface area contributed by atoms with Gasteiger partial charge in [-0.25, -0.2) is 0 Å². The average Bonchev–Trinajstić information content (AvgIpc) is 2.73. The first-order valence-electron chi connectivity index (χ1n) is 9.24. The predicted octanol–water partition coefficient (Wildman–Crippen LogP) is 1.51. The number of carbonyl (C=O) groups excluding carboxylic acids is 2. The Labute approximate surface area is 171 Å². The second-order valence-electron chi connectivity index (χ2n) is 6.84. The van der Waals surface area contributed by atoms with E-state index in [1.54, 1.807) is 34.2 Å². The van der Waals surface area contributed by atoms with E-state index < -0.39 is 0 Å². The molecular formula is C20H19N5O3S. The van der Waals surface area contributed by atoms with Gasteiger partial charge in [-0.3, -0.25) is 24.4 Å². The number of pyridine rings is 1. The number of benzene rings is 1. The normalized spacial score (nSPS) is 14.2. The van der Waals surface area contributed by atoms with Crippen molar-refractivity contribution in [3.8, 4) is 0 Å². The Balaban J connectivity index is 1.42. The number of nitrogens with zero attached hydrogens (tertiary/aromatic N) is 3. The number of H-pyrrole nitrogens is 2. The van der Waals surface area contributed by atoms with Crippen LogP contribution in [-0.2, 0) is 11.2 Å². The van der Waals surface area contributed by atoms with E-state index in [0.29, 0.717) is 42.6 Å². The molecule has 0 unspecified atom stereocenters. The van der Waals surface area contributed by atoms with Gasteiger partial charge in [0.05, 0.1) is 17.3 Å². The maximum absolute atomic E-state index is 12.9. The molecule has 1 fully saturated rings. The summed E-state index contributed by atoms with van der Waals surface area (Å²) in [6.07, 6.45) is 1.93. The fraction of sp³-hybridized carbons (Fsp3) is 0.250. The van der Waals surface area contributed by atoms with Crippen molar-refractivity contribution in [2.45, 2.75) is 6.42 Å². The van der Waals surface area contributed by atoms with Crippen molar-refractivity contribution in [2.24, 2.45) is 0 Å². The molecule has 4 rings (SSSR count). The fourth-order valence-corrected chi connectivity index (χ4v) is 3.62. The zero-order valence-electron chi connectivity index (χ0n) is 15.6. The predicted molar refractivity (Wildman–Crippen MR) is 110 cm³/mol. The molecule has 0 spiro atoms. The van der Waals surface area contributed by atoms with Crippen LogP contribution in [0.2, 0.25) is 0 Å². The van der Waals surface area contributed by atoms with Crippen LogP contribution in [0.5, 0.6) is 0 Å². The Morgan fingerprint density at radius 1 is 1.03 bits per heavy atom. The number of rotatable bonds is 3. The summed E-state index contributed by atoms with van der Waals surface area (Å²) in [5.41, 5.74) is 1.44. The zero-order chi connectivity index (χ0) is 20.4. The van der Waals surface area contributed by atoms with Gasteiger partial charge in [-0.15, -0.1) is 0 Å². The molecule has 9 heteroatoms. The quantitative estimate of drug-likeness (QED) is 0.639. The minimum absolute atomic E-state index is 0.00769. The molecular weight excluding hydrogens is 390 g/mol. The fourth-order valence-electron chi connectivity index (χ4n) is 3.41. The van der Waals surface area contributed by atoms with Crippen molar-refractivity contribution in [2.75, 3.05) is 26.2 Å². The van der Waals surface area contributed by atoms with Crippen LogP contribution in [0.4, 0.5) is 0 Å². The first kappa shape index (κ1) is 19.0. The summed E-state index contributed by atoms with van der Waals surface area (Å²) in [7, 11) is 0. The Bertz CT molecular complexity index is 1180. The summed E-state index contributed by atoms with van der Waals surface area (Å²) in [6, 6.07) is 10.4. The lowest BCUT2D eigenvalue weighted by atomic mass is 10.1. The number of piperazine rings is 1. The van der Waals surface area contributed by atoms with E-state index >= 15 is 0 Å². The van der Waals surface area contributed by atoms with Gasteiger partial charge in [0.15, 0.2) is 4.77 Å². The van der Waals surface area contributed by atoms with Gasteiger partial charge in [0, 0.05) is 43.6 Å². The molecule has 0 aliphatic carbocycles. The summed E-state index contributed by atoms with van der Waals surface area (Å²) in [5.74, 6) is -0.128. The van der Waals surface area contributed by atoms with Gasteiger partial charge in [-0.2, -0.15) is 0 Å². The Morgan fingerprint density at radius 3 is 2.52 bits per heavy atom. The molecule has 1 saturated heterocycles. The minimum atomic E-state index is -0.289. The Morgan fingerprint density at radius 2 is 1.79 bits per heavy atom. The standard InChI is InChI=1S/C20H19N5O3S/c26-17(12-14-3-1-2-6-21-14)24-7-9-25(10-8-24)19(28)13-4-5-15-16(11-13)22-20(29)23-18(15)27/h1-6,11H,7-10,12H2,(H2,22,23,27,29). The number of hydrogen-bond donors (Lipinski definition) is 2. The number of hydrogen-bond acceptors (Lipinski definition) is 5. The number of aromatic amines is 2. The molecule has 2 amide bonds. The van der Waals surface area contributed by atoms with E-state index in [4.69, 9.17) is 12.2 Å². The topological polar surface area (TPSA) is 102 Å². The lowest BCUT2D eigenvalue weighted by molar-refractivity contribution is -0.132. The van der Waals surface area contributed by atoms with Crippen molar-refractivity contribution in [1.29, 1.82) is 0 Å². The van der Waals surface area contributed by atoms with Gasteiger partial charge in [0.25, 0.3) is 11.5 Å². The summed E-state index contributed by atoms with van der Waals surface area (Å²) in [5, 5.41) is 0.445. The van der Waals surface area contributed by atoms with Crippen LogP contribution in [0.25, 0.3) is 10.9 Å². The maximum Gasteiger partial charge on any atom is 0.259 e. The van der Waals surface area contributed by atoms with Gasteiger partial charge in [-0.1, -0.05) is 6.07 Å². The number of aromatic nitrogens is 3. The highest BCUT2D eigenvalue weighted by atomic mass is 32.1. The van der Waals surface area contributed by atoms with Crippen LogP contribution in [0, 0.1) is 4.77 Å². The lowest BCUT2D eigenvalue weighted by Crippen LogP contribution is -2.51. The van der Waals surface area contributed by atoms with Crippen LogP contribution in [0.3, 0.4) is 0 Å². The highest BCUT2D eigenvalue weighted by molar-refractivity contribution is 7.71. The molecule has 148 valence electrons. The van der Waals surface area contributed by atoms with E-state index in [0.717, 1.165) is 5.69 Å². The largest absolute Gasteiger partial charge is 0.339 e. The van der Waals surface area contributed by atoms with Crippen LogP contribution in [-0.4, -0.2) is 62.7 Å². The summed E-state index contributed by atoms with van der Waals surface area (Å²) < 4.78 is 0.215. The van der Waals surface area contributed by atoms with Gasteiger partial charge in [-0.05, 0) is 42.5 Å². The first-order chi connectivity index (χ1) is 14.0. The van der Waals surface area contributed by atoms with Gasteiger partial charge < -0.3 is 14.8 Å². The molecule has 2 aromatic heterocycles. The van der Waals surface area contributed by atoms with E-state index in [1.807, 2.05) is 18.2 Å². The molecule has 1 aliphatic heterocycles. The molecule has 2 N–H and O–H groups in total. The van der Waals surface area contributed by atoms with Gasteiger partial charge >= 0.3 is 0 Å². The molecule has 1 aliphatic rings. The Kier molecular flexibility index (Phi) is 5.22. The molecule has 29 heavy (non-hydrogen) atoms. The summed E-state index contributed by atoms with van der Waals surface area (Å²) in [4.78, 5) is 50.4. The SMILES string of the molecule is O=C(Cc1ccccn1)N1CCN(C(=O)c2ccc3c(=O)[nH]c(=S)[nH]c3c2)CC1. The minimum Gasteiger partial charge on any atom is -0.339 e. The van der Waals surface area contributed by atoms with Gasteiger partial charge in [0.2, 0.25) is 5.91 Å². The number of fused-ring (bicyclic) bond motifs is 1. The smallest absolute Gasteiger partial charge is 0.259 e. The van der Waals surface area contributed by atoms with Crippen molar-refractivity contribution >= 4 is 34.9 Å².